The smallest absolute Gasteiger partial charge is 0.251 e. The van der Waals surface area contributed by atoms with Gasteiger partial charge in [0.05, 0.1) is 0 Å². The van der Waals surface area contributed by atoms with Gasteiger partial charge in [0, 0.05) is 19.2 Å². The first-order valence-corrected chi connectivity index (χ1v) is 5.98. The van der Waals surface area contributed by atoms with Crippen molar-refractivity contribution in [2.45, 2.75) is 19.3 Å². The molecule has 0 amide bonds. The highest BCUT2D eigenvalue weighted by Crippen LogP contribution is 2.31. The van der Waals surface area contributed by atoms with Crippen LogP contribution in [0.2, 0.25) is 0 Å². The van der Waals surface area contributed by atoms with Crippen molar-refractivity contribution in [2.75, 3.05) is 18.5 Å². The number of nitrogens with one attached hydrogen (secondary N) is 1. The van der Waals surface area contributed by atoms with Gasteiger partial charge in [-0.3, -0.25) is 0 Å². The highest BCUT2D eigenvalue weighted by molar-refractivity contribution is 5.36. The van der Waals surface area contributed by atoms with Crippen LogP contribution in [0.1, 0.15) is 19.3 Å². The van der Waals surface area contributed by atoms with Crippen molar-refractivity contribution in [3.63, 3.8) is 0 Å². The minimum atomic E-state index is -1.32. The molecule has 1 aromatic rings. The highest BCUT2D eigenvalue weighted by atomic mass is 19.2. The van der Waals surface area contributed by atoms with E-state index in [-0.39, 0.29) is 24.3 Å². The lowest BCUT2D eigenvalue weighted by atomic mass is 9.97. The van der Waals surface area contributed by atoms with Gasteiger partial charge in [0.25, 0.3) is 5.95 Å². The van der Waals surface area contributed by atoms with E-state index in [1.807, 2.05) is 0 Å². The molecule has 100 valence electrons. The monoisotopic (exact) mass is 260 g/mol. The Morgan fingerprint density at radius 1 is 1.22 bits per heavy atom. The molecule has 6 heteroatoms. The maximum Gasteiger partial charge on any atom is 0.251 e. The first kappa shape index (κ1) is 13.1. The predicted molar refractivity (Wildman–Crippen MR) is 60.5 cm³/mol. The SMILES string of the molecule is OCC1CCCC1CNc1nc(F)c(F)cc1F. The van der Waals surface area contributed by atoms with Crippen LogP contribution in [0.5, 0.6) is 0 Å². The molecular weight excluding hydrogens is 245 g/mol. The molecule has 0 spiro atoms. The van der Waals surface area contributed by atoms with Crippen LogP contribution in [0.3, 0.4) is 0 Å². The van der Waals surface area contributed by atoms with Gasteiger partial charge in [0.1, 0.15) is 0 Å². The number of aliphatic hydroxyl groups is 1. The third-order valence-electron chi connectivity index (χ3n) is 3.47. The Kier molecular flexibility index (Phi) is 4.06. The first-order chi connectivity index (χ1) is 8.61. The van der Waals surface area contributed by atoms with Crippen molar-refractivity contribution >= 4 is 5.82 Å². The molecule has 0 aliphatic heterocycles. The number of pyridine rings is 1. The van der Waals surface area contributed by atoms with E-state index in [4.69, 9.17) is 5.11 Å². The van der Waals surface area contributed by atoms with E-state index in [1.165, 1.54) is 0 Å². The Morgan fingerprint density at radius 3 is 2.67 bits per heavy atom. The van der Waals surface area contributed by atoms with Crippen molar-refractivity contribution in [3.05, 3.63) is 23.6 Å². The molecule has 0 saturated heterocycles. The number of aliphatic hydroxyl groups excluding tert-OH is 1. The second kappa shape index (κ2) is 5.56. The van der Waals surface area contributed by atoms with Crippen molar-refractivity contribution in [2.24, 2.45) is 11.8 Å². The van der Waals surface area contributed by atoms with Crippen molar-refractivity contribution in [3.8, 4) is 0 Å². The maximum absolute atomic E-state index is 13.3. The Bertz CT molecular complexity index is 428. The number of hydrogen-bond acceptors (Lipinski definition) is 3. The summed E-state index contributed by atoms with van der Waals surface area (Å²) in [4.78, 5) is 3.19. The van der Waals surface area contributed by atoms with Crippen molar-refractivity contribution in [1.29, 1.82) is 0 Å². The minimum absolute atomic E-state index is 0.0973. The first-order valence-electron chi connectivity index (χ1n) is 5.98. The van der Waals surface area contributed by atoms with Crippen LogP contribution in [0, 0.1) is 29.4 Å². The number of aromatic nitrogens is 1. The van der Waals surface area contributed by atoms with Crippen LogP contribution >= 0.6 is 0 Å². The average molecular weight is 260 g/mol. The second-order valence-corrected chi connectivity index (χ2v) is 4.61. The molecule has 1 heterocycles. The zero-order chi connectivity index (χ0) is 13.1. The molecule has 2 rings (SSSR count). The fraction of sp³-hybridized carbons (Fsp3) is 0.583. The van der Waals surface area contributed by atoms with Gasteiger partial charge in [-0.05, 0) is 24.7 Å². The fourth-order valence-electron chi connectivity index (χ4n) is 2.42. The van der Waals surface area contributed by atoms with E-state index < -0.39 is 17.6 Å². The summed E-state index contributed by atoms with van der Waals surface area (Å²) in [6, 6.07) is 0.475. The van der Waals surface area contributed by atoms with Crippen LogP contribution < -0.4 is 5.32 Å². The Morgan fingerprint density at radius 2 is 1.94 bits per heavy atom. The zero-order valence-electron chi connectivity index (χ0n) is 9.80. The lowest BCUT2D eigenvalue weighted by Gasteiger charge is -2.18. The second-order valence-electron chi connectivity index (χ2n) is 4.61. The van der Waals surface area contributed by atoms with Crippen LogP contribution in [-0.2, 0) is 0 Å². The van der Waals surface area contributed by atoms with Gasteiger partial charge in [-0.1, -0.05) is 6.42 Å². The summed E-state index contributed by atoms with van der Waals surface area (Å²) in [5.74, 6) is -3.41. The van der Waals surface area contributed by atoms with Crippen LogP contribution in [0.4, 0.5) is 19.0 Å². The Labute approximate surface area is 103 Å². The third-order valence-corrected chi connectivity index (χ3v) is 3.47. The number of nitrogens with zero attached hydrogens (tertiary/aromatic N) is 1. The fourth-order valence-corrected chi connectivity index (χ4v) is 2.42. The van der Waals surface area contributed by atoms with Gasteiger partial charge in [-0.15, -0.1) is 0 Å². The average Bonchev–Trinajstić information content (AvgIpc) is 2.79. The topological polar surface area (TPSA) is 45.1 Å². The molecule has 2 atom stereocenters. The molecule has 0 bridgehead atoms. The normalized spacial score (nSPS) is 23.3. The largest absolute Gasteiger partial charge is 0.396 e. The maximum atomic E-state index is 13.3. The number of hydrogen-bond donors (Lipinski definition) is 2. The molecule has 1 aliphatic carbocycles. The van der Waals surface area contributed by atoms with E-state index in [2.05, 4.69) is 10.3 Å². The summed E-state index contributed by atoms with van der Waals surface area (Å²) >= 11 is 0. The lowest BCUT2D eigenvalue weighted by Crippen LogP contribution is -2.21. The van der Waals surface area contributed by atoms with E-state index in [0.717, 1.165) is 19.3 Å². The van der Waals surface area contributed by atoms with Gasteiger partial charge in [0.15, 0.2) is 17.5 Å². The number of rotatable bonds is 4. The zero-order valence-corrected chi connectivity index (χ0v) is 9.80. The van der Waals surface area contributed by atoms with Crippen molar-refractivity contribution < 1.29 is 18.3 Å². The van der Waals surface area contributed by atoms with E-state index in [1.54, 1.807) is 0 Å². The summed E-state index contributed by atoms with van der Waals surface area (Å²) in [6.07, 6.45) is 2.89. The molecule has 1 saturated carbocycles. The van der Waals surface area contributed by atoms with Gasteiger partial charge >= 0.3 is 0 Å². The lowest BCUT2D eigenvalue weighted by molar-refractivity contribution is 0.198. The van der Waals surface area contributed by atoms with Gasteiger partial charge in [0.2, 0.25) is 0 Å². The molecule has 18 heavy (non-hydrogen) atoms. The highest BCUT2D eigenvalue weighted by Gasteiger charge is 2.26. The molecule has 3 nitrogen and oxygen atoms in total. The molecule has 0 aromatic carbocycles. The molecule has 1 aliphatic rings. The Hall–Kier alpha value is -1.30. The molecule has 0 radical (unpaired) electrons. The third kappa shape index (κ3) is 2.75. The molecule has 2 N–H and O–H groups in total. The minimum Gasteiger partial charge on any atom is -0.396 e. The van der Waals surface area contributed by atoms with Crippen LogP contribution in [0.25, 0.3) is 0 Å². The van der Waals surface area contributed by atoms with Crippen LogP contribution in [-0.4, -0.2) is 23.2 Å². The summed E-state index contributed by atoms with van der Waals surface area (Å²) in [6.45, 7) is 0.500. The van der Waals surface area contributed by atoms with E-state index in [9.17, 15) is 13.2 Å². The molecule has 1 fully saturated rings. The quantitative estimate of drug-likeness (QED) is 0.817. The molecular formula is C12H15F3N2O. The predicted octanol–water partition coefficient (Wildman–Crippen LogP) is 2.32. The summed E-state index contributed by atoms with van der Waals surface area (Å²) in [5, 5.41) is 11.8. The summed E-state index contributed by atoms with van der Waals surface area (Å²) in [7, 11) is 0. The van der Waals surface area contributed by atoms with Gasteiger partial charge in [-0.2, -0.15) is 9.37 Å². The summed E-state index contributed by atoms with van der Waals surface area (Å²) < 4.78 is 38.9. The summed E-state index contributed by atoms with van der Waals surface area (Å²) in [5.41, 5.74) is 0. The molecule has 2 unspecified atom stereocenters. The number of anilines is 1. The van der Waals surface area contributed by atoms with Gasteiger partial charge < -0.3 is 10.4 Å². The van der Waals surface area contributed by atoms with E-state index >= 15 is 0 Å². The van der Waals surface area contributed by atoms with Crippen LogP contribution in [0.15, 0.2) is 6.07 Å². The number of halogens is 3. The molecule has 1 aromatic heterocycles. The Balaban J connectivity index is 2.00. The van der Waals surface area contributed by atoms with E-state index in [0.29, 0.717) is 12.6 Å². The van der Waals surface area contributed by atoms with Gasteiger partial charge in [-0.25, -0.2) is 8.78 Å². The standard InChI is InChI=1S/C12H15F3N2O/c13-9-4-10(14)12(17-11(9)15)16-5-7-2-1-3-8(7)6-18/h4,7-8,18H,1-3,5-6H2,(H,16,17). The van der Waals surface area contributed by atoms with Crippen molar-refractivity contribution in [1.82, 2.24) is 4.98 Å².